The number of rotatable bonds is 6. The first-order chi connectivity index (χ1) is 13.6. The van der Waals surface area contributed by atoms with Gasteiger partial charge in [-0.2, -0.15) is 5.10 Å². The lowest BCUT2D eigenvalue weighted by Gasteiger charge is -2.24. The van der Waals surface area contributed by atoms with Crippen LogP contribution in [0.15, 0.2) is 41.8 Å². The molecule has 2 aromatic heterocycles. The summed E-state index contributed by atoms with van der Waals surface area (Å²) in [6.45, 7) is 3.55. The minimum atomic E-state index is -0.0789. The first kappa shape index (κ1) is 18.9. The highest BCUT2D eigenvalue weighted by atomic mass is 32.1. The van der Waals surface area contributed by atoms with Crippen LogP contribution in [0.25, 0.3) is 0 Å². The fourth-order valence-corrected chi connectivity index (χ4v) is 4.52. The SMILES string of the molecule is Cc1ccccc1CNC1CCc2c(c(C(=O)NCc3cccs3)nn2C)C1. The van der Waals surface area contributed by atoms with Gasteiger partial charge in [0.05, 0.1) is 6.54 Å². The number of carbonyl (C=O) groups excluding carboxylic acids is 1. The molecule has 3 aromatic rings. The molecule has 0 aliphatic heterocycles. The Morgan fingerprint density at radius 3 is 2.89 bits per heavy atom. The van der Waals surface area contributed by atoms with Crippen molar-refractivity contribution >= 4 is 17.2 Å². The van der Waals surface area contributed by atoms with E-state index in [-0.39, 0.29) is 5.91 Å². The van der Waals surface area contributed by atoms with E-state index in [1.54, 1.807) is 11.3 Å². The zero-order valence-electron chi connectivity index (χ0n) is 16.4. The molecular formula is C22H26N4OS. The van der Waals surface area contributed by atoms with Gasteiger partial charge in [-0.25, -0.2) is 0 Å². The van der Waals surface area contributed by atoms with Gasteiger partial charge in [0.15, 0.2) is 5.69 Å². The highest BCUT2D eigenvalue weighted by Gasteiger charge is 2.28. The molecule has 0 bridgehead atoms. The third-order valence-corrected chi connectivity index (χ3v) is 6.39. The van der Waals surface area contributed by atoms with Crippen LogP contribution in [-0.4, -0.2) is 21.7 Å². The van der Waals surface area contributed by atoms with Gasteiger partial charge in [-0.1, -0.05) is 30.3 Å². The standard InChI is InChI=1S/C22H26N4OS/c1-15-6-3-4-7-16(15)13-23-17-9-10-20-19(12-17)21(25-26(20)2)22(27)24-14-18-8-5-11-28-18/h3-8,11,17,23H,9-10,12-14H2,1-2H3,(H,24,27). The minimum Gasteiger partial charge on any atom is -0.346 e. The maximum absolute atomic E-state index is 12.8. The van der Waals surface area contributed by atoms with Gasteiger partial charge in [0.2, 0.25) is 0 Å². The Kier molecular flexibility index (Phi) is 5.59. The zero-order chi connectivity index (χ0) is 19.5. The highest BCUT2D eigenvalue weighted by molar-refractivity contribution is 7.09. The predicted molar refractivity (Wildman–Crippen MR) is 113 cm³/mol. The number of aromatic nitrogens is 2. The summed E-state index contributed by atoms with van der Waals surface area (Å²) in [6.07, 6.45) is 2.86. The monoisotopic (exact) mass is 394 g/mol. The molecule has 1 aromatic carbocycles. The lowest BCUT2D eigenvalue weighted by molar-refractivity contribution is 0.0944. The van der Waals surface area contributed by atoms with E-state index in [0.29, 0.717) is 18.3 Å². The van der Waals surface area contributed by atoms with Gasteiger partial charge in [-0.15, -0.1) is 11.3 Å². The van der Waals surface area contributed by atoms with Gasteiger partial charge in [0.25, 0.3) is 5.91 Å². The molecule has 0 saturated carbocycles. The minimum absolute atomic E-state index is 0.0789. The Morgan fingerprint density at radius 1 is 1.25 bits per heavy atom. The van der Waals surface area contributed by atoms with E-state index in [2.05, 4.69) is 46.9 Å². The van der Waals surface area contributed by atoms with Crippen molar-refractivity contribution in [3.8, 4) is 0 Å². The molecule has 2 heterocycles. The van der Waals surface area contributed by atoms with Crippen molar-refractivity contribution in [3.63, 3.8) is 0 Å². The molecule has 1 atom stereocenters. The van der Waals surface area contributed by atoms with Crippen LogP contribution in [0.2, 0.25) is 0 Å². The average Bonchev–Trinajstić information content (AvgIpc) is 3.33. The van der Waals surface area contributed by atoms with Crippen molar-refractivity contribution in [2.45, 2.75) is 45.3 Å². The first-order valence-corrected chi connectivity index (χ1v) is 10.6. The van der Waals surface area contributed by atoms with Crippen molar-refractivity contribution in [3.05, 3.63) is 74.7 Å². The second-order valence-electron chi connectivity index (χ2n) is 7.41. The maximum atomic E-state index is 12.8. The molecule has 1 amide bonds. The number of aryl methyl sites for hydroxylation is 2. The van der Waals surface area contributed by atoms with Crippen molar-refractivity contribution in [2.24, 2.45) is 7.05 Å². The summed E-state index contributed by atoms with van der Waals surface area (Å²) < 4.78 is 1.88. The van der Waals surface area contributed by atoms with E-state index in [0.717, 1.165) is 36.2 Å². The molecule has 4 rings (SSSR count). The molecule has 5 nitrogen and oxygen atoms in total. The van der Waals surface area contributed by atoms with Gasteiger partial charge in [0.1, 0.15) is 0 Å². The number of hydrogen-bond acceptors (Lipinski definition) is 4. The second-order valence-corrected chi connectivity index (χ2v) is 8.44. The molecule has 0 saturated heterocycles. The molecule has 1 unspecified atom stereocenters. The van der Waals surface area contributed by atoms with Gasteiger partial charge >= 0.3 is 0 Å². The summed E-state index contributed by atoms with van der Waals surface area (Å²) in [5.74, 6) is -0.0789. The highest BCUT2D eigenvalue weighted by Crippen LogP contribution is 2.25. The summed E-state index contributed by atoms with van der Waals surface area (Å²) in [4.78, 5) is 13.9. The molecule has 2 N–H and O–H groups in total. The smallest absolute Gasteiger partial charge is 0.272 e. The van der Waals surface area contributed by atoms with E-state index < -0.39 is 0 Å². The zero-order valence-corrected chi connectivity index (χ0v) is 17.2. The first-order valence-electron chi connectivity index (χ1n) is 9.75. The van der Waals surface area contributed by atoms with E-state index >= 15 is 0 Å². The van der Waals surface area contributed by atoms with E-state index in [1.165, 1.54) is 16.8 Å². The largest absolute Gasteiger partial charge is 0.346 e. The Labute approximate surface area is 169 Å². The summed E-state index contributed by atoms with van der Waals surface area (Å²) >= 11 is 1.65. The number of thiophene rings is 1. The Balaban J connectivity index is 1.43. The molecule has 0 spiro atoms. The molecule has 1 aliphatic carbocycles. The summed E-state index contributed by atoms with van der Waals surface area (Å²) in [7, 11) is 1.94. The third-order valence-electron chi connectivity index (χ3n) is 5.52. The average molecular weight is 395 g/mol. The number of fused-ring (bicyclic) bond motifs is 1. The molecule has 28 heavy (non-hydrogen) atoms. The fourth-order valence-electron chi connectivity index (χ4n) is 3.87. The van der Waals surface area contributed by atoms with Crippen molar-refractivity contribution in [1.82, 2.24) is 20.4 Å². The van der Waals surface area contributed by atoms with Crippen molar-refractivity contribution in [2.75, 3.05) is 0 Å². The van der Waals surface area contributed by atoms with Gasteiger partial charge in [-0.05, 0) is 48.8 Å². The second kappa shape index (κ2) is 8.29. The van der Waals surface area contributed by atoms with Gasteiger partial charge < -0.3 is 10.6 Å². The van der Waals surface area contributed by atoms with E-state index in [9.17, 15) is 4.79 Å². The van der Waals surface area contributed by atoms with Crippen LogP contribution in [0.4, 0.5) is 0 Å². The van der Waals surface area contributed by atoms with Crippen LogP contribution in [0, 0.1) is 6.92 Å². The summed E-state index contributed by atoms with van der Waals surface area (Å²) in [6, 6.07) is 12.9. The number of amides is 1. The normalized spacial score (nSPS) is 16.0. The fraction of sp³-hybridized carbons (Fsp3) is 0.364. The molecular weight excluding hydrogens is 368 g/mol. The number of nitrogens with zero attached hydrogens (tertiary/aromatic N) is 2. The van der Waals surface area contributed by atoms with Gasteiger partial charge in [0, 0.05) is 35.8 Å². The topological polar surface area (TPSA) is 59.0 Å². The lowest BCUT2D eigenvalue weighted by Crippen LogP contribution is -2.35. The number of carbonyl (C=O) groups is 1. The maximum Gasteiger partial charge on any atom is 0.272 e. The lowest BCUT2D eigenvalue weighted by atomic mass is 9.91. The van der Waals surface area contributed by atoms with Gasteiger partial charge in [-0.3, -0.25) is 9.48 Å². The van der Waals surface area contributed by atoms with Crippen LogP contribution in [0.3, 0.4) is 0 Å². The summed E-state index contributed by atoms with van der Waals surface area (Å²) in [5, 5.41) is 13.3. The van der Waals surface area contributed by atoms with Crippen LogP contribution in [0.1, 0.15) is 44.2 Å². The van der Waals surface area contributed by atoms with Crippen LogP contribution in [-0.2, 0) is 33.0 Å². The molecule has 146 valence electrons. The molecule has 0 radical (unpaired) electrons. The quantitative estimate of drug-likeness (QED) is 0.674. The number of hydrogen-bond donors (Lipinski definition) is 2. The van der Waals surface area contributed by atoms with E-state index in [4.69, 9.17) is 0 Å². The Hall–Kier alpha value is -2.44. The third kappa shape index (κ3) is 4.03. The Bertz CT molecular complexity index is 961. The predicted octanol–water partition coefficient (Wildman–Crippen LogP) is 3.37. The van der Waals surface area contributed by atoms with Crippen molar-refractivity contribution in [1.29, 1.82) is 0 Å². The van der Waals surface area contributed by atoms with Crippen molar-refractivity contribution < 1.29 is 4.79 Å². The van der Waals surface area contributed by atoms with E-state index in [1.807, 2.05) is 29.2 Å². The summed E-state index contributed by atoms with van der Waals surface area (Å²) in [5.41, 5.74) is 5.50. The van der Waals surface area contributed by atoms with Crippen LogP contribution < -0.4 is 10.6 Å². The van der Waals surface area contributed by atoms with Crippen LogP contribution in [0.5, 0.6) is 0 Å². The Morgan fingerprint density at radius 2 is 2.11 bits per heavy atom. The molecule has 0 fully saturated rings. The molecule has 6 heteroatoms. The van der Waals surface area contributed by atoms with Crippen LogP contribution >= 0.6 is 11.3 Å². The number of nitrogens with one attached hydrogen (secondary N) is 2. The molecule has 1 aliphatic rings. The number of benzene rings is 1.